The number of carboxylic acid groups (broad SMARTS) is 1. The molecule has 0 saturated heterocycles. The smallest absolute Gasteiger partial charge is 0.309 e. The van der Waals surface area contributed by atoms with Crippen molar-refractivity contribution in [2.75, 3.05) is 7.11 Å². The molecular weight excluding hydrogens is 280 g/mol. The molecule has 0 atom stereocenters. The summed E-state index contributed by atoms with van der Waals surface area (Å²) in [5, 5.41) is 13.1. The van der Waals surface area contributed by atoms with E-state index < -0.39 is 11.4 Å². The van der Waals surface area contributed by atoms with Gasteiger partial charge in [-0.2, -0.15) is 0 Å². The SMILES string of the molecule is COc1nc(CNC23CCC(C(=O)O)(CC2)CC3)ccc1C. The van der Waals surface area contributed by atoms with Crippen molar-refractivity contribution < 1.29 is 14.6 Å². The summed E-state index contributed by atoms with van der Waals surface area (Å²) in [6.45, 7) is 2.69. The van der Waals surface area contributed by atoms with Crippen LogP contribution in [0, 0.1) is 12.3 Å². The van der Waals surface area contributed by atoms with Crippen molar-refractivity contribution >= 4 is 5.97 Å². The molecule has 5 heteroatoms. The first-order chi connectivity index (χ1) is 10.5. The van der Waals surface area contributed by atoms with Crippen LogP contribution in [0.3, 0.4) is 0 Å². The van der Waals surface area contributed by atoms with Gasteiger partial charge in [-0.25, -0.2) is 4.98 Å². The lowest BCUT2D eigenvalue weighted by Crippen LogP contribution is -2.56. The highest BCUT2D eigenvalue weighted by Gasteiger charge is 2.52. The minimum atomic E-state index is -0.606. The Balaban J connectivity index is 1.65. The molecule has 2 N–H and O–H groups in total. The van der Waals surface area contributed by atoms with Gasteiger partial charge in [0, 0.05) is 17.6 Å². The van der Waals surface area contributed by atoms with Crippen LogP contribution in [-0.2, 0) is 11.3 Å². The largest absolute Gasteiger partial charge is 0.481 e. The number of carbonyl (C=O) groups is 1. The van der Waals surface area contributed by atoms with Crippen LogP contribution in [0.2, 0.25) is 0 Å². The number of nitrogens with one attached hydrogen (secondary N) is 1. The third kappa shape index (κ3) is 2.58. The number of aryl methyl sites for hydroxylation is 1. The van der Waals surface area contributed by atoms with Crippen LogP contribution in [0.4, 0.5) is 0 Å². The standard InChI is InChI=1S/C17H24N2O3/c1-12-3-4-13(19-14(12)22-2)11-18-17-8-5-16(6-9-17,7-10-17)15(20)21/h3-4,18H,5-11H2,1-2H3,(H,20,21). The molecule has 5 nitrogen and oxygen atoms in total. The zero-order valence-electron chi connectivity index (χ0n) is 13.3. The van der Waals surface area contributed by atoms with Crippen LogP contribution in [0.15, 0.2) is 12.1 Å². The first-order valence-electron chi connectivity index (χ1n) is 7.98. The van der Waals surface area contributed by atoms with E-state index in [1.165, 1.54) is 0 Å². The Morgan fingerprint density at radius 2 is 1.91 bits per heavy atom. The van der Waals surface area contributed by atoms with E-state index in [2.05, 4.69) is 10.3 Å². The highest BCUT2D eigenvalue weighted by Crippen LogP contribution is 2.52. The zero-order chi connectivity index (χ0) is 15.8. The highest BCUT2D eigenvalue weighted by atomic mass is 16.5. The number of carboxylic acids is 1. The second kappa shape index (κ2) is 5.54. The lowest BCUT2D eigenvalue weighted by molar-refractivity contribution is -0.156. The van der Waals surface area contributed by atoms with Crippen LogP contribution < -0.4 is 10.1 Å². The Bertz CT molecular complexity index is 561. The molecule has 1 aromatic heterocycles. The monoisotopic (exact) mass is 304 g/mol. The lowest BCUT2D eigenvalue weighted by Gasteiger charge is -2.51. The fourth-order valence-electron chi connectivity index (χ4n) is 3.90. The fourth-order valence-corrected chi connectivity index (χ4v) is 3.90. The van der Waals surface area contributed by atoms with E-state index in [0.717, 1.165) is 49.8 Å². The number of aliphatic carboxylic acids is 1. The summed E-state index contributed by atoms with van der Waals surface area (Å²) in [6.07, 6.45) is 5.22. The number of rotatable bonds is 5. The summed E-state index contributed by atoms with van der Waals surface area (Å²) in [6, 6.07) is 4.05. The fraction of sp³-hybridized carbons (Fsp3) is 0.647. The third-order valence-corrected chi connectivity index (χ3v) is 5.65. The number of aromatic nitrogens is 1. The average Bonchev–Trinajstić information content (AvgIpc) is 2.56. The molecule has 2 bridgehead atoms. The number of nitrogens with zero attached hydrogens (tertiary/aromatic N) is 1. The quantitative estimate of drug-likeness (QED) is 0.875. The van der Waals surface area contributed by atoms with E-state index in [1.807, 2.05) is 19.1 Å². The number of hydrogen-bond acceptors (Lipinski definition) is 4. The second-order valence-corrected chi connectivity index (χ2v) is 6.85. The van der Waals surface area contributed by atoms with E-state index in [-0.39, 0.29) is 5.54 Å². The predicted octanol–water partition coefficient (Wildman–Crippen LogP) is 2.67. The predicted molar refractivity (Wildman–Crippen MR) is 82.9 cm³/mol. The summed E-state index contributed by atoms with van der Waals surface area (Å²) in [7, 11) is 1.64. The van der Waals surface area contributed by atoms with Gasteiger partial charge in [-0.05, 0) is 51.5 Å². The van der Waals surface area contributed by atoms with E-state index in [9.17, 15) is 9.90 Å². The number of fused-ring (bicyclic) bond motifs is 3. The Kier molecular flexibility index (Phi) is 3.85. The van der Waals surface area contributed by atoms with Gasteiger partial charge < -0.3 is 15.2 Å². The summed E-state index contributed by atoms with van der Waals surface area (Å²) in [5.41, 5.74) is 1.65. The zero-order valence-corrected chi connectivity index (χ0v) is 13.3. The number of ether oxygens (including phenoxy) is 1. The van der Waals surface area contributed by atoms with Gasteiger partial charge in [-0.1, -0.05) is 6.07 Å². The minimum absolute atomic E-state index is 0.0942. The van der Waals surface area contributed by atoms with Gasteiger partial charge in [-0.15, -0.1) is 0 Å². The molecule has 0 aliphatic heterocycles. The van der Waals surface area contributed by atoms with Crippen molar-refractivity contribution in [2.24, 2.45) is 5.41 Å². The van der Waals surface area contributed by atoms with Crippen LogP contribution >= 0.6 is 0 Å². The van der Waals surface area contributed by atoms with E-state index in [0.29, 0.717) is 12.4 Å². The molecule has 3 aliphatic carbocycles. The van der Waals surface area contributed by atoms with Crippen molar-refractivity contribution in [1.82, 2.24) is 10.3 Å². The van der Waals surface area contributed by atoms with Gasteiger partial charge in [0.25, 0.3) is 0 Å². The Morgan fingerprint density at radius 1 is 1.27 bits per heavy atom. The first kappa shape index (κ1) is 15.3. The molecule has 0 spiro atoms. The third-order valence-electron chi connectivity index (χ3n) is 5.65. The summed E-state index contributed by atoms with van der Waals surface area (Å²) < 4.78 is 5.27. The molecule has 3 saturated carbocycles. The molecular formula is C17H24N2O3. The molecule has 1 aromatic rings. The summed E-state index contributed by atoms with van der Waals surface area (Å²) in [4.78, 5) is 16.0. The molecule has 3 fully saturated rings. The Labute approximate surface area is 131 Å². The van der Waals surface area contributed by atoms with Gasteiger partial charge in [-0.3, -0.25) is 4.79 Å². The molecule has 0 amide bonds. The molecule has 120 valence electrons. The van der Waals surface area contributed by atoms with E-state index in [1.54, 1.807) is 7.11 Å². The normalized spacial score (nSPS) is 30.3. The molecule has 4 rings (SSSR count). The molecule has 1 heterocycles. The number of hydrogen-bond donors (Lipinski definition) is 2. The van der Waals surface area contributed by atoms with Gasteiger partial charge in [0.05, 0.1) is 18.2 Å². The maximum absolute atomic E-state index is 11.5. The summed E-state index contributed by atoms with van der Waals surface area (Å²) >= 11 is 0. The molecule has 22 heavy (non-hydrogen) atoms. The Morgan fingerprint density at radius 3 is 2.45 bits per heavy atom. The average molecular weight is 304 g/mol. The van der Waals surface area contributed by atoms with Crippen LogP contribution in [0.25, 0.3) is 0 Å². The van der Waals surface area contributed by atoms with Crippen LogP contribution in [0.5, 0.6) is 5.88 Å². The molecule has 0 radical (unpaired) electrons. The van der Waals surface area contributed by atoms with Gasteiger partial charge in [0.1, 0.15) is 0 Å². The van der Waals surface area contributed by atoms with Crippen molar-refractivity contribution in [3.05, 3.63) is 23.4 Å². The molecule has 3 aliphatic rings. The molecule has 0 aromatic carbocycles. The summed E-state index contributed by atoms with van der Waals surface area (Å²) in [5.74, 6) is 0.0692. The highest BCUT2D eigenvalue weighted by molar-refractivity contribution is 5.75. The first-order valence-corrected chi connectivity index (χ1v) is 7.98. The van der Waals surface area contributed by atoms with Crippen LogP contribution in [-0.4, -0.2) is 28.7 Å². The van der Waals surface area contributed by atoms with Crippen molar-refractivity contribution in [3.8, 4) is 5.88 Å². The van der Waals surface area contributed by atoms with E-state index in [4.69, 9.17) is 4.74 Å². The topological polar surface area (TPSA) is 71.5 Å². The van der Waals surface area contributed by atoms with Gasteiger partial charge >= 0.3 is 5.97 Å². The minimum Gasteiger partial charge on any atom is -0.481 e. The Hall–Kier alpha value is -1.62. The van der Waals surface area contributed by atoms with Gasteiger partial charge in [0.15, 0.2) is 0 Å². The number of pyridine rings is 1. The van der Waals surface area contributed by atoms with Crippen molar-refractivity contribution in [1.29, 1.82) is 0 Å². The maximum Gasteiger partial charge on any atom is 0.309 e. The lowest BCUT2D eigenvalue weighted by atomic mass is 9.57. The number of methoxy groups -OCH3 is 1. The van der Waals surface area contributed by atoms with Crippen molar-refractivity contribution in [2.45, 2.75) is 57.5 Å². The molecule has 0 unspecified atom stereocenters. The second-order valence-electron chi connectivity index (χ2n) is 6.85. The van der Waals surface area contributed by atoms with Gasteiger partial charge in [0.2, 0.25) is 5.88 Å². The van der Waals surface area contributed by atoms with Crippen LogP contribution in [0.1, 0.15) is 49.8 Å². The maximum atomic E-state index is 11.5. The van der Waals surface area contributed by atoms with Crippen molar-refractivity contribution in [3.63, 3.8) is 0 Å². The van der Waals surface area contributed by atoms with E-state index >= 15 is 0 Å².